The highest BCUT2D eigenvalue weighted by Crippen LogP contribution is 2.38. The van der Waals surface area contributed by atoms with Crippen LogP contribution in [0.25, 0.3) is 0 Å². The van der Waals surface area contributed by atoms with E-state index < -0.39 is 10.8 Å². The standard InChI is InChI=1S/C19H20N2O6/c1-4-26-18-9-13-7-11(2)27-17(13)10-14(18)20-19(22)12-5-6-16(25-3)15(8-12)21(23)24/h5-6,8-11H,4,7H2,1-3H3,(H,20,22). The molecule has 8 nitrogen and oxygen atoms in total. The molecule has 1 amide bonds. The van der Waals surface area contributed by atoms with Crippen molar-refractivity contribution in [1.29, 1.82) is 0 Å². The van der Waals surface area contributed by atoms with Gasteiger partial charge in [0, 0.05) is 29.7 Å². The second kappa shape index (κ2) is 7.53. The third-order valence-corrected chi connectivity index (χ3v) is 4.18. The number of carbonyl (C=O) groups excluding carboxylic acids is 1. The van der Waals surface area contributed by atoms with E-state index in [0.29, 0.717) is 23.8 Å². The van der Waals surface area contributed by atoms with E-state index in [2.05, 4.69) is 5.32 Å². The monoisotopic (exact) mass is 372 g/mol. The van der Waals surface area contributed by atoms with Gasteiger partial charge in [-0.2, -0.15) is 0 Å². The fraction of sp³-hybridized carbons (Fsp3) is 0.316. The topological polar surface area (TPSA) is 99.9 Å². The van der Waals surface area contributed by atoms with Gasteiger partial charge in [0.25, 0.3) is 5.91 Å². The summed E-state index contributed by atoms with van der Waals surface area (Å²) in [7, 11) is 1.34. The first-order valence-corrected chi connectivity index (χ1v) is 8.53. The zero-order valence-electron chi connectivity index (χ0n) is 15.3. The van der Waals surface area contributed by atoms with Gasteiger partial charge in [-0.1, -0.05) is 0 Å². The van der Waals surface area contributed by atoms with Gasteiger partial charge in [-0.05, 0) is 32.0 Å². The molecule has 3 rings (SSSR count). The van der Waals surface area contributed by atoms with Crippen LogP contribution in [0.4, 0.5) is 11.4 Å². The van der Waals surface area contributed by atoms with Crippen LogP contribution >= 0.6 is 0 Å². The zero-order valence-corrected chi connectivity index (χ0v) is 15.3. The van der Waals surface area contributed by atoms with E-state index in [4.69, 9.17) is 14.2 Å². The molecule has 2 aromatic rings. The van der Waals surface area contributed by atoms with E-state index >= 15 is 0 Å². The molecule has 1 N–H and O–H groups in total. The average molecular weight is 372 g/mol. The van der Waals surface area contributed by atoms with Gasteiger partial charge < -0.3 is 19.5 Å². The van der Waals surface area contributed by atoms with E-state index in [1.165, 1.54) is 25.3 Å². The Bertz CT molecular complexity index is 896. The number of anilines is 1. The Kier molecular flexibility index (Phi) is 5.16. The van der Waals surface area contributed by atoms with Crippen molar-refractivity contribution in [2.24, 2.45) is 0 Å². The summed E-state index contributed by atoms with van der Waals surface area (Å²) >= 11 is 0. The first-order valence-electron chi connectivity index (χ1n) is 8.53. The van der Waals surface area contributed by atoms with Gasteiger partial charge in [0.15, 0.2) is 5.75 Å². The first-order chi connectivity index (χ1) is 12.9. The molecule has 2 aromatic carbocycles. The molecule has 0 fully saturated rings. The predicted octanol–water partition coefficient (Wildman–Crippen LogP) is 3.58. The van der Waals surface area contributed by atoms with Crippen LogP contribution in [0.15, 0.2) is 30.3 Å². The lowest BCUT2D eigenvalue weighted by molar-refractivity contribution is -0.385. The van der Waals surface area contributed by atoms with Gasteiger partial charge in [0.1, 0.15) is 17.6 Å². The number of nitrogens with zero attached hydrogens (tertiary/aromatic N) is 1. The Morgan fingerprint density at radius 2 is 2.11 bits per heavy atom. The second-order valence-corrected chi connectivity index (χ2v) is 6.12. The van der Waals surface area contributed by atoms with E-state index in [1.54, 1.807) is 6.07 Å². The number of ether oxygens (including phenoxy) is 3. The van der Waals surface area contributed by atoms with Gasteiger partial charge >= 0.3 is 5.69 Å². The van der Waals surface area contributed by atoms with Crippen LogP contribution in [-0.4, -0.2) is 30.7 Å². The van der Waals surface area contributed by atoms with Crippen molar-refractivity contribution in [3.8, 4) is 17.2 Å². The van der Waals surface area contributed by atoms with Gasteiger partial charge in [-0.15, -0.1) is 0 Å². The molecule has 0 radical (unpaired) electrons. The second-order valence-electron chi connectivity index (χ2n) is 6.12. The molecule has 1 atom stereocenters. The molecule has 0 aromatic heterocycles. The van der Waals surface area contributed by atoms with Crippen LogP contribution in [0.5, 0.6) is 17.2 Å². The van der Waals surface area contributed by atoms with Crippen LogP contribution in [0.3, 0.4) is 0 Å². The smallest absolute Gasteiger partial charge is 0.311 e. The zero-order chi connectivity index (χ0) is 19.6. The number of nitro benzene ring substituents is 1. The maximum Gasteiger partial charge on any atom is 0.311 e. The summed E-state index contributed by atoms with van der Waals surface area (Å²) in [6.07, 6.45) is 0.832. The average Bonchev–Trinajstić information content (AvgIpc) is 3.00. The van der Waals surface area contributed by atoms with Crippen molar-refractivity contribution in [2.45, 2.75) is 26.4 Å². The molecule has 1 unspecified atom stereocenters. The molecule has 0 aliphatic carbocycles. The highest BCUT2D eigenvalue weighted by atomic mass is 16.6. The quantitative estimate of drug-likeness (QED) is 0.614. The number of rotatable bonds is 6. The molecule has 27 heavy (non-hydrogen) atoms. The minimum Gasteiger partial charge on any atom is -0.492 e. The van der Waals surface area contributed by atoms with Crippen molar-refractivity contribution >= 4 is 17.3 Å². The fourth-order valence-corrected chi connectivity index (χ4v) is 2.98. The molecule has 1 aliphatic rings. The predicted molar refractivity (Wildman–Crippen MR) is 99.0 cm³/mol. The lowest BCUT2D eigenvalue weighted by atomic mass is 10.1. The minimum atomic E-state index is -0.591. The Labute approximate surface area is 156 Å². The highest BCUT2D eigenvalue weighted by molar-refractivity contribution is 6.05. The van der Waals surface area contributed by atoms with Gasteiger partial charge in [0.05, 0.1) is 24.3 Å². The Balaban J connectivity index is 1.91. The van der Waals surface area contributed by atoms with Crippen LogP contribution in [0, 0.1) is 10.1 Å². The van der Waals surface area contributed by atoms with Crippen molar-refractivity contribution < 1.29 is 23.9 Å². The van der Waals surface area contributed by atoms with E-state index in [1.807, 2.05) is 19.9 Å². The largest absolute Gasteiger partial charge is 0.492 e. The fourth-order valence-electron chi connectivity index (χ4n) is 2.98. The van der Waals surface area contributed by atoms with E-state index in [0.717, 1.165) is 12.0 Å². The number of nitro groups is 1. The lowest BCUT2D eigenvalue weighted by Crippen LogP contribution is -2.13. The van der Waals surface area contributed by atoms with Crippen molar-refractivity contribution in [1.82, 2.24) is 0 Å². The summed E-state index contributed by atoms with van der Waals surface area (Å²) in [6, 6.07) is 7.62. The molecule has 0 bridgehead atoms. The SMILES string of the molecule is CCOc1cc2c(cc1NC(=O)c1ccc(OC)c([N+](=O)[O-])c1)OC(C)C2. The highest BCUT2D eigenvalue weighted by Gasteiger charge is 2.24. The van der Waals surface area contributed by atoms with Crippen molar-refractivity contribution in [3.63, 3.8) is 0 Å². The molecule has 142 valence electrons. The summed E-state index contributed by atoms with van der Waals surface area (Å²) in [5, 5.41) is 13.9. The Morgan fingerprint density at radius 1 is 1.33 bits per heavy atom. The number of fused-ring (bicyclic) bond motifs is 1. The lowest BCUT2D eigenvalue weighted by Gasteiger charge is -2.14. The summed E-state index contributed by atoms with van der Waals surface area (Å²) < 4.78 is 16.3. The molecule has 8 heteroatoms. The molecule has 1 heterocycles. The maximum atomic E-state index is 12.6. The van der Waals surface area contributed by atoms with Gasteiger partial charge in [-0.3, -0.25) is 14.9 Å². The molecule has 0 saturated heterocycles. The number of methoxy groups -OCH3 is 1. The van der Waals surface area contributed by atoms with Crippen LogP contribution < -0.4 is 19.5 Å². The van der Waals surface area contributed by atoms with E-state index in [9.17, 15) is 14.9 Å². The molecular formula is C19H20N2O6. The summed E-state index contributed by atoms with van der Waals surface area (Å²) in [4.78, 5) is 23.2. The van der Waals surface area contributed by atoms with Crippen molar-refractivity contribution in [2.75, 3.05) is 19.0 Å². The maximum absolute atomic E-state index is 12.6. The molecule has 0 saturated carbocycles. The Morgan fingerprint density at radius 3 is 2.78 bits per heavy atom. The molecule has 1 aliphatic heterocycles. The summed E-state index contributed by atoms with van der Waals surface area (Å²) in [6.45, 7) is 4.26. The van der Waals surface area contributed by atoms with Crippen LogP contribution in [-0.2, 0) is 6.42 Å². The number of nitrogens with one attached hydrogen (secondary N) is 1. The minimum absolute atomic E-state index is 0.0599. The van der Waals surface area contributed by atoms with Crippen LogP contribution in [0.2, 0.25) is 0 Å². The first kappa shape index (κ1) is 18.5. The van der Waals surface area contributed by atoms with Gasteiger partial charge in [-0.25, -0.2) is 0 Å². The van der Waals surface area contributed by atoms with Crippen molar-refractivity contribution in [3.05, 3.63) is 51.6 Å². The number of benzene rings is 2. The third kappa shape index (κ3) is 3.79. The van der Waals surface area contributed by atoms with Gasteiger partial charge in [0.2, 0.25) is 0 Å². The van der Waals surface area contributed by atoms with Crippen LogP contribution in [0.1, 0.15) is 29.8 Å². The normalized spacial score (nSPS) is 14.9. The summed E-state index contributed by atoms with van der Waals surface area (Å²) in [5.41, 5.74) is 1.33. The third-order valence-electron chi connectivity index (χ3n) is 4.18. The number of hydrogen-bond donors (Lipinski definition) is 1. The van der Waals surface area contributed by atoms with E-state index in [-0.39, 0.29) is 23.1 Å². The number of hydrogen-bond acceptors (Lipinski definition) is 6. The summed E-state index contributed by atoms with van der Waals surface area (Å²) in [5.74, 6) is 0.825. The Hall–Kier alpha value is -3.29. The molecule has 0 spiro atoms. The number of carbonyl (C=O) groups is 1. The molecular weight excluding hydrogens is 352 g/mol. The number of amides is 1.